The minimum absolute atomic E-state index is 0.159. The Hall–Kier alpha value is -4.08. The number of pyridine rings is 2. The molecular formula is C24H15F5N4O. The van der Waals surface area contributed by atoms with Crippen LogP contribution in [0, 0.1) is 5.82 Å². The van der Waals surface area contributed by atoms with Crippen molar-refractivity contribution in [2.75, 3.05) is 0 Å². The number of fused-ring (bicyclic) bond motifs is 1. The van der Waals surface area contributed by atoms with Crippen LogP contribution in [0.3, 0.4) is 0 Å². The lowest BCUT2D eigenvalue weighted by Crippen LogP contribution is -2.22. The van der Waals surface area contributed by atoms with Gasteiger partial charge in [-0.2, -0.15) is 13.2 Å². The number of hydrogen-bond acceptors (Lipinski definition) is 3. The van der Waals surface area contributed by atoms with Crippen molar-refractivity contribution in [1.29, 1.82) is 0 Å². The highest BCUT2D eigenvalue weighted by molar-refractivity contribution is 5.75. The molecule has 0 spiro atoms. The average Bonchev–Trinajstić information content (AvgIpc) is 3.32. The van der Waals surface area contributed by atoms with E-state index in [1.165, 1.54) is 30.1 Å². The van der Waals surface area contributed by atoms with Crippen molar-refractivity contribution in [1.82, 2.24) is 19.1 Å². The maximum atomic E-state index is 14.1. The van der Waals surface area contributed by atoms with Gasteiger partial charge >= 0.3 is 11.9 Å². The summed E-state index contributed by atoms with van der Waals surface area (Å²) in [7, 11) is 1.44. The minimum Gasteiger partial charge on any atom is -0.301 e. The zero-order valence-corrected chi connectivity index (χ0v) is 17.6. The summed E-state index contributed by atoms with van der Waals surface area (Å²) in [4.78, 5) is 21.4. The number of allylic oxidation sites excluding steroid dienone is 1. The van der Waals surface area contributed by atoms with E-state index in [2.05, 4.69) is 9.97 Å². The summed E-state index contributed by atoms with van der Waals surface area (Å²) in [5.74, 6) is -1.79. The van der Waals surface area contributed by atoms with Crippen molar-refractivity contribution in [3.05, 3.63) is 94.2 Å². The van der Waals surface area contributed by atoms with Crippen molar-refractivity contribution in [2.24, 2.45) is 7.05 Å². The molecule has 0 aliphatic heterocycles. The summed E-state index contributed by atoms with van der Waals surface area (Å²) in [6.45, 7) is 0. The van der Waals surface area contributed by atoms with Crippen molar-refractivity contribution < 1.29 is 22.0 Å². The molecule has 5 rings (SSSR count). The summed E-state index contributed by atoms with van der Waals surface area (Å²) in [5.41, 5.74) is 0.479. The molecule has 0 saturated heterocycles. The number of halogens is 5. The van der Waals surface area contributed by atoms with Crippen LogP contribution in [-0.2, 0) is 19.6 Å². The maximum absolute atomic E-state index is 14.1. The van der Waals surface area contributed by atoms with E-state index in [4.69, 9.17) is 0 Å². The molecule has 0 atom stereocenters. The predicted molar refractivity (Wildman–Crippen MR) is 115 cm³/mol. The second kappa shape index (κ2) is 7.75. The molecule has 172 valence electrons. The van der Waals surface area contributed by atoms with Gasteiger partial charge in [-0.15, -0.1) is 0 Å². The normalized spacial score (nSPS) is 13.2. The monoisotopic (exact) mass is 470 g/mol. The first-order valence-corrected chi connectivity index (χ1v) is 10.1. The first kappa shape index (κ1) is 21.7. The lowest BCUT2D eigenvalue weighted by molar-refractivity contribution is -0.140. The highest BCUT2D eigenvalue weighted by atomic mass is 19.4. The van der Waals surface area contributed by atoms with Gasteiger partial charge in [0.2, 0.25) is 0 Å². The van der Waals surface area contributed by atoms with Gasteiger partial charge in [-0.25, -0.2) is 13.6 Å². The Balaban J connectivity index is 1.64. The number of aryl methyl sites for hydroxylation is 1. The van der Waals surface area contributed by atoms with E-state index >= 15 is 0 Å². The van der Waals surface area contributed by atoms with Crippen LogP contribution in [0.2, 0.25) is 0 Å². The average molecular weight is 470 g/mol. The smallest absolute Gasteiger partial charge is 0.301 e. The third-order valence-corrected chi connectivity index (χ3v) is 5.62. The van der Waals surface area contributed by atoms with Crippen molar-refractivity contribution in [3.63, 3.8) is 0 Å². The van der Waals surface area contributed by atoms with Gasteiger partial charge in [-0.3, -0.25) is 14.5 Å². The molecule has 0 unspecified atom stereocenters. The number of aromatic nitrogens is 4. The maximum Gasteiger partial charge on any atom is 0.419 e. The second-order valence-corrected chi connectivity index (χ2v) is 7.81. The SMILES string of the molecule is Cn1cc(-c2cc(-c3cnc4c(c3)C(F)=CC4)ccn2)n(-c2ccc(F)c(C(F)(F)F)c2)c1=O. The molecule has 1 aromatic carbocycles. The number of nitrogens with zero attached hydrogens (tertiary/aromatic N) is 4. The number of rotatable bonds is 3. The van der Waals surface area contributed by atoms with Gasteiger partial charge in [0, 0.05) is 43.2 Å². The molecule has 3 heterocycles. The molecule has 0 amide bonds. The quantitative estimate of drug-likeness (QED) is 0.381. The first-order chi connectivity index (χ1) is 16.1. The fourth-order valence-corrected chi connectivity index (χ4v) is 3.92. The largest absolute Gasteiger partial charge is 0.419 e. The van der Waals surface area contributed by atoms with Crippen LogP contribution in [0.15, 0.2) is 65.9 Å². The predicted octanol–water partition coefficient (Wildman–Crippen LogP) is 5.32. The molecule has 0 N–H and O–H groups in total. The first-order valence-electron chi connectivity index (χ1n) is 10.1. The Morgan fingerprint density at radius 1 is 1.00 bits per heavy atom. The van der Waals surface area contributed by atoms with Crippen LogP contribution in [0.4, 0.5) is 22.0 Å². The fraction of sp³-hybridized carbons (Fsp3) is 0.125. The van der Waals surface area contributed by atoms with Gasteiger partial charge in [0.1, 0.15) is 11.6 Å². The molecule has 4 aromatic rings. The van der Waals surface area contributed by atoms with Crippen LogP contribution in [-0.4, -0.2) is 19.1 Å². The number of imidazole rings is 1. The van der Waals surface area contributed by atoms with Gasteiger partial charge < -0.3 is 4.57 Å². The molecule has 0 fully saturated rings. The Bertz CT molecular complexity index is 1530. The minimum atomic E-state index is -4.93. The van der Waals surface area contributed by atoms with Gasteiger partial charge in [0.15, 0.2) is 0 Å². The molecule has 10 heteroatoms. The molecular weight excluding hydrogens is 455 g/mol. The topological polar surface area (TPSA) is 52.7 Å². The third-order valence-electron chi connectivity index (χ3n) is 5.62. The highest BCUT2D eigenvalue weighted by Crippen LogP contribution is 2.34. The number of alkyl halides is 3. The zero-order valence-electron chi connectivity index (χ0n) is 17.6. The summed E-state index contributed by atoms with van der Waals surface area (Å²) in [6.07, 6.45) is 1.42. The molecule has 34 heavy (non-hydrogen) atoms. The van der Waals surface area contributed by atoms with Crippen LogP contribution < -0.4 is 5.69 Å². The van der Waals surface area contributed by atoms with Gasteiger partial charge in [-0.05, 0) is 48.0 Å². The standard InChI is InChI=1S/C24H15F5N4O/c1-32-12-22(33(23(32)34)15-2-3-19(26)17(10-15)24(27,28)29)21-9-13(6-7-30-21)14-8-16-18(25)4-5-20(16)31-11-14/h2-4,6-12H,5H2,1H3. The van der Waals surface area contributed by atoms with E-state index < -0.39 is 23.2 Å². The molecule has 0 radical (unpaired) electrons. The fourth-order valence-electron chi connectivity index (χ4n) is 3.92. The third kappa shape index (κ3) is 3.60. The van der Waals surface area contributed by atoms with E-state index in [0.717, 1.165) is 10.6 Å². The van der Waals surface area contributed by atoms with Crippen molar-refractivity contribution >= 4 is 5.83 Å². The van der Waals surface area contributed by atoms with Crippen molar-refractivity contribution in [2.45, 2.75) is 12.6 Å². The van der Waals surface area contributed by atoms with E-state index in [0.29, 0.717) is 40.9 Å². The second-order valence-electron chi connectivity index (χ2n) is 7.81. The summed E-state index contributed by atoms with van der Waals surface area (Å²) >= 11 is 0. The van der Waals surface area contributed by atoms with E-state index in [9.17, 15) is 26.7 Å². The summed E-state index contributed by atoms with van der Waals surface area (Å²) in [5, 5.41) is 0. The lowest BCUT2D eigenvalue weighted by Gasteiger charge is -2.12. The number of hydrogen-bond donors (Lipinski definition) is 0. The Morgan fingerprint density at radius 2 is 1.79 bits per heavy atom. The van der Waals surface area contributed by atoms with E-state index in [1.54, 1.807) is 24.4 Å². The van der Waals surface area contributed by atoms with Crippen molar-refractivity contribution in [3.8, 4) is 28.2 Å². The lowest BCUT2D eigenvalue weighted by atomic mass is 10.0. The van der Waals surface area contributed by atoms with Crippen LogP contribution in [0.25, 0.3) is 34.0 Å². The van der Waals surface area contributed by atoms with Gasteiger partial charge in [0.25, 0.3) is 0 Å². The molecule has 0 saturated carbocycles. The number of benzene rings is 1. The molecule has 1 aliphatic carbocycles. The van der Waals surface area contributed by atoms with Crippen LogP contribution >= 0.6 is 0 Å². The summed E-state index contributed by atoms with van der Waals surface area (Å²) in [6, 6.07) is 7.31. The van der Waals surface area contributed by atoms with Crippen LogP contribution in [0.5, 0.6) is 0 Å². The molecule has 1 aliphatic rings. The molecule has 3 aromatic heterocycles. The Morgan fingerprint density at radius 3 is 2.56 bits per heavy atom. The Kier molecular flexibility index (Phi) is 4.96. The zero-order chi connectivity index (χ0) is 24.2. The van der Waals surface area contributed by atoms with Crippen LogP contribution in [0.1, 0.15) is 16.8 Å². The van der Waals surface area contributed by atoms with E-state index in [-0.39, 0.29) is 22.9 Å². The van der Waals surface area contributed by atoms with Gasteiger partial charge in [0.05, 0.1) is 28.3 Å². The van der Waals surface area contributed by atoms with E-state index in [1.807, 2.05) is 0 Å². The van der Waals surface area contributed by atoms with Gasteiger partial charge in [-0.1, -0.05) is 0 Å². The highest BCUT2D eigenvalue weighted by Gasteiger charge is 2.34. The Labute approximate surface area is 189 Å². The molecule has 5 nitrogen and oxygen atoms in total. The summed E-state index contributed by atoms with van der Waals surface area (Å²) < 4.78 is 69.9. The molecule has 0 bridgehead atoms.